The molecule has 2 aromatic heterocycles. The van der Waals surface area contributed by atoms with Crippen molar-refractivity contribution in [2.75, 3.05) is 0 Å². The molecule has 40 heavy (non-hydrogen) atoms. The molecule has 0 amide bonds. The molecule has 3 aromatic carbocycles. The minimum atomic E-state index is -2.44. The second kappa shape index (κ2) is 10.8. The first-order valence-electron chi connectivity index (χ1n) is 12.0. The fraction of sp³-hybridized carbons (Fsp3) is 0.107. The van der Waals surface area contributed by atoms with E-state index in [4.69, 9.17) is 0 Å². The summed E-state index contributed by atoms with van der Waals surface area (Å²) in [6, 6.07) is 20.2. The van der Waals surface area contributed by atoms with Crippen LogP contribution >= 0.6 is 0 Å². The first-order chi connectivity index (χ1) is 19.3. The van der Waals surface area contributed by atoms with Gasteiger partial charge in [0, 0.05) is 28.5 Å². The van der Waals surface area contributed by atoms with E-state index in [0.717, 1.165) is 6.20 Å². The van der Waals surface area contributed by atoms with E-state index in [1.54, 1.807) is 18.2 Å². The summed E-state index contributed by atoms with van der Waals surface area (Å²) >= 11 is 0. The van der Waals surface area contributed by atoms with Crippen molar-refractivity contribution in [3.05, 3.63) is 151 Å². The molecular formula is C28H20F3N5O4. The Labute approximate surface area is 224 Å². The zero-order valence-electron chi connectivity index (χ0n) is 20.6. The van der Waals surface area contributed by atoms with Gasteiger partial charge >= 0.3 is 16.9 Å². The molecule has 202 valence electrons. The lowest BCUT2D eigenvalue weighted by Crippen LogP contribution is -2.44. The zero-order chi connectivity index (χ0) is 28.4. The van der Waals surface area contributed by atoms with E-state index in [-0.39, 0.29) is 33.4 Å². The minimum Gasteiger partial charge on any atom is -0.268 e. The Morgan fingerprint density at radius 2 is 1.38 bits per heavy atom. The van der Waals surface area contributed by atoms with Crippen molar-refractivity contribution in [1.29, 1.82) is 0 Å². The molecule has 9 nitrogen and oxygen atoms in total. The van der Waals surface area contributed by atoms with Crippen LogP contribution in [0.3, 0.4) is 0 Å². The number of nitro groups is 1. The van der Waals surface area contributed by atoms with Gasteiger partial charge in [-0.25, -0.2) is 22.5 Å². The number of halogens is 3. The second-order valence-corrected chi connectivity index (χ2v) is 8.79. The molecule has 2 unspecified atom stereocenters. The molecule has 12 heteroatoms. The molecule has 0 bridgehead atoms. The quantitative estimate of drug-likeness (QED) is 0.201. The summed E-state index contributed by atoms with van der Waals surface area (Å²) in [5, 5.41) is 16.3. The van der Waals surface area contributed by atoms with Crippen molar-refractivity contribution in [3.63, 3.8) is 0 Å². The fourth-order valence-electron chi connectivity index (χ4n) is 4.37. The number of aromatic nitrogens is 4. The molecule has 5 aromatic rings. The Hall–Kier alpha value is -5.26. The third kappa shape index (κ3) is 4.82. The maximum atomic E-state index is 16.1. The Kier molecular flexibility index (Phi) is 7.15. The van der Waals surface area contributed by atoms with Gasteiger partial charge in [0.1, 0.15) is 11.5 Å². The summed E-state index contributed by atoms with van der Waals surface area (Å²) in [5.74, 6) is -0.521. The van der Waals surface area contributed by atoms with Crippen LogP contribution in [0.1, 0.15) is 29.3 Å². The number of benzene rings is 3. The van der Waals surface area contributed by atoms with Gasteiger partial charge in [-0.05, 0) is 6.07 Å². The van der Waals surface area contributed by atoms with Gasteiger partial charge in [-0.2, -0.15) is 5.10 Å². The van der Waals surface area contributed by atoms with Crippen LogP contribution in [0.2, 0.25) is 0 Å². The topological polar surface area (TPSA) is 105 Å². The number of rotatable bonds is 8. The summed E-state index contributed by atoms with van der Waals surface area (Å²) in [7, 11) is 0. The SMILES string of the molecule is O=c1c([N+](=O)[O-])c(-c2cnn(Cc3ccccc3F)c2)n(C(F)c2ccccc2)c(=O)n1C(F)c1ccccc1. The van der Waals surface area contributed by atoms with E-state index in [9.17, 15) is 24.1 Å². The Morgan fingerprint density at radius 3 is 1.95 bits per heavy atom. The van der Waals surface area contributed by atoms with Crippen molar-refractivity contribution < 1.29 is 18.1 Å². The van der Waals surface area contributed by atoms with Gasteiger partial charge < -0.3 is 0 Å². The predicted octanol–water partition coefficient (Wildman–Crippen LogP) is 5.00. The van der Waals surface area contributed by atoms with Gasteiger partial charge in [0.15, 0.2) is 0 Å². The van der Waals surface area contributed by atoms with E-state index in [0.29, 0.717) is 4.57 Å². The highest BCUT2D eigenvalue weighted by Gasteiger charge is 2.35. The van der Waals surface area contributed by atoms with Gasteiger partial charge in [-0.15, -0.1) is 0 Å². The van der Waals surface area contributed by atoms with Crippen LogP contribution in [0.25, 0.3) is 11.3 Å². The van der Waals surface area contributed by atoms with E-state index in [1.165, 1.54) is 77.6 Å². The molecule has 0 aliphatic heterocycles. The second-order valence-electron chi connectivity index (χ2n) is 8.79. The van der Waals surface area contributed by atoms with Crippen LogP contribution in [0.4, 0.5) is 18.9 Å². The number of hydrogen-bond acceptors (Lipinski definition) is 5. The third-order valence-corrected chi connectivity index (χ3v) is 6.28. The summed E-state index contributed by atoms with van der Waals surface area (Å²) in [6.07, 6.45) is -2.47. The average molecular weight is 547 g/mol. The molecule has 0 fully saturated rings. The first-order valence-corrected chi connectivity index (χ1v) is 12.0. The zero-order valence-corrected chi connectivity index (χ0v) is 20.6. The van der Waals surface area contributed by atoms with Crippen molar-refractivity contribution in [3.8, 4) is 11.3 Å². The summed E-state index contributed by atoms with van der Waals surface area (Å²) in [5.41, 5.74) is -5.05. The molecular weight excluding hydrogens is 527 g/mol. The first kappa shape index (κ1) is 26.4. The lowest BCUT2D eigenvalue weighted by Gasteiger charge is -2.20. The Bertz CT molecular complexity index is 1800. The Morgan fingerprint density at radius 1 is 0.825 bits per heavy atom. The number of hydrogen-bond donors (Lipinski definition) is 0. The molecule has 0 N–H and O–H groups in total. The monoisotopic (exact) mass is 547 g/mol. The van der Waals surface area contributed by atoms with E-state index in [2.05, 4.69) is 5.10 Å². The molecule has 2 atom stereocenters. The molecule has 2 heterocycles. The summed E-state index contributed by atoms with van der Waals surface area (Å²) < 4.78 is 47.6. The number of nitrogens with zero attached hydrogens (tertiary/aromatic N) is 5. The Balaban J connectivity index is 1.77. The summed E-state index contributed by atoms with van der Waals surface area (Å²) in [6.45, 7) is -0.0972. The average Bonchev–Trinajstić information content (AvgIpc) is 3.42. The smallest absolute Gasteiger partial charge is 0.268 e. The van der Waals surface area contributed by atoms with Crippen LogP contribution in [0, 0.1) is 15.9 Å². The minimum absolute atomic E-state index is 0.0241. The highest BCUT2D eigenvalue weighted by Crippen LogP contribution is 2.32. The highest BCUT2D eigenvalue weighted by atomic mass is 19.1. The normalized spacial score (nSPS) is 12.7. The molecule has 0 saturated carbocycles. The molecule has 0 aliphatic carbocycles. The standard InChI is InChI=1S/C28H20F3N5O4/c29-22-14-8-7-13-20(22)16-33-17-21(15-32-33)23-24(36(39)40)27(37)35(26(31)19-11-5-2-6-12-19)28(38)34(23)25(30)18-9-3-1-4-10-18/h1-15,17,25-26H,16H2. The van der Waals surface area contributed by atoms with Crippen molar-refractivity contribution >= 4 is 5.69 Å². The maximum Gasteiger partial charge on any atom is 0.358 e. The summed E-state index contributed by atoms with van der Waals surface area (Å²) in [4.78, 5) is 38.2. The lowest BCUT2D eigenvalue weighted by molar-refractivity contribution is -0.386. The van der Waals surface area contributed by atoms with Crippen LogP contribution in [0.5, 0.6) is 0 Å². The van der Waals surface area contributed by atoms with Crippen molar-refractivity contribution in [2.24, 2.45) is 0 Å². The highest BCUT2D eigenvalue weighted by molar-refractivity contribution is 5.68. The molecule has 0 spiro atoms. The maximum absolute atomic E-state index is 16.1. The largest absolute Gasteiger partial charge is 0.358 e. The molecule has 0 saturated heterocycles. The molecule has 0 aliphatic rings. The van der Waals surface area contributed by atoms with Gasteiger partial charge in [0.25, 0.3) is 0 Å². The van der Waals surface area contributed by atoms with Gasteiger partial charge in [0.05, 0.1) is 17.7 Å². The van der Waals surface area contributed by atoms with Crippen LogP contribution in [-0.4, -0.2) is 23.8 Å². The number of alkyl halides is 2. The predicted molar refractivity (Wildman–Crippen MR) is 140 cm³/mol. The van der Waals surface area contributed by atoms with E-state index in [1.807, 2.05) is 0 Å². The van der Waals surface area contributed by atoms with Crippen molar-refractivity contribution in [1.82, 2.24) is 18.9 Å². The lowest BCUT2D eigenvalue weighted by atomic mass is 10.1. The van der Waals surface area contributed by atoms with Gasteiger partial charge in [0.2, 0.25) is 12.6 Å². The van der Waals surface area contributed by atoms with Gasteiger partial charge in [-0.3, -0.25) is 24.2 Å². The van der Waals surface area contributed by atoms with Crippen LogP contribution in [-0.2, 0) is 6.54 Å². The van der Waals surface area contributed by atoms with E-state index < -0.39 is 46.0 Å². The van der Waals surface area contributed by atoms with Crippen LogP contribution < -0.4 is 11.2 Å². The molecule has 0 radical (unpaired) electrons. The molecule has 5 rings (SSSR count). The van der Waals surface area contributed by atoms with Crippen molar-refractivity contribution in [2.45, 2.75) is 19.1 Å². The van der Waals surface area contributed by atoms with E-state index >= 15 is 8.78 Å². The van der Waals surface area contributed by atoms with Gasteiger partial charge in [-0.1, -0.05) is 78.9 Å². The van der Waals surface area contributed by atoms with Crippen LogP contribution in [0.15, 0.2) is 107 Å². The third-order valence-electron chi connectivity index (χ3n) is 6.28. The fourth-order valence-corrected chi connectivity index (χ4v) is 4.37.